The minimum Gasteiger partial charge on any atom is -0.335 e. The summed E-state index contributed by atoms with van der Waals surface area (Å²) >= 11 is 0. The zero-order valence-corrected chi connectivity index (χ0v) is 15.3. The molecule has 7 nitrogen and oxygen atoms in total. The zero-order chi connectivity index (χ0) is 17.3. The van der Waals surface area contributed by atoms with Crippen molar-refractivity contribution in [1.29, 1.82) is 0 Å². The third kappa shape index (κ3) is 3.87. The number of hydrogen-bond acceptors (Lipinski definition) is 4. The summed E-state index contributed by atoms with van der Waals surface area (Å²) in [5.74, 6) is 1.06. The molecular weight excluding hydrogens is 326 g/mol. The Kier molecular flexibility index (Phi) is 4.78. The van der Waals surface area contributed by atoms with E-state index in [0.717, 1.165) is 43.0 Å². The molecule has 0 saturated heterocycles. The Hall–Kier alpha value is -1.67. The smallest absolute Gasteiger partial charge is 0.211 e. The van der Waals surface area contributed by atoms with Gasteiger partial charge in [0.1, 0.15) is 5.82 Å². The van der Waals surface area contributed by atoms with E-state index in [9.17, 15) is 8.42 Å². The summed E-state index contributed by atoms with van der Waals surface area (Å²) in [7, 11) is -3.34. The molecule has 3 rings (SSSR count). The molecule has 0 aliphatic carbocycles. The van der Waals surface area contributed by atoms with E-state index in [0.29, 0.717) is 0 Å². The van der Waals surface area contributed by atoms with Crippen LogP contribution in [-0.4, -0.2) is 38.3 Å². The highest BCUT2D eigenvalue weighted by atomic mass is 32.2. The van der Waals surface area contributed by atoms with Gasteiger partial charge in [0.15, 0.2) is 0 Å². The Morgan fingerprint density at radius 1 is 1.25 bits per heavy atom. The summed E-state index contributed by atoms with van der Waals surface area (Å²) in [4.78, 5) is 4.61. The summed E-state index contributed by atoms with van der Waals surface area (Å²) < 4.78 is 29.8. The maximum atomic E-state index is 12.2. The first-order valence-electron chi connectivity index (χ1n) is 8.37. The molecule has 0 spiro atoms. The van der Waals surface area contributed by atoms with Crippen LogP contribution in [0.4, 0.5) is 0 Å². The van der Waals surface area contributed by atoms with Crippen LogP contribution in [-0.2, 0) is 36.1 Å². The largest absolute Gasteiger partial charge is 0.335 e. The van der Waals surface area contributed by atoms with Crippen molar-refractivity contribution >= 4 is 10.0 Å². The third-order valence-corrected chi connectivity index (χ3v) is 5.49. The molecule has 2 aromatic rings. The molecule has 8 heteroatoms. The SMILES string of the molecule is CC(C)n1ccc(CN(Cc2cn3c(n2)CCCC3)S(C)(=O)=O)n1. The van der Waals surface area contributed by atoms with E-state index in [1.54, 1.807) is 0 Å². The van der Waals surface area contributed by atoms with E-state index < -0.39 is 10.0 Å². The van der Waals surface area contributed by atoms with E-state index in [-0.39, 0.29) is 19.1 Å². The van der Waals surface area contributed by atoms with Crippen molar-refractivity contribution in [2.45, 2.75) is 58.8 Å². The normalized spacial score (nSPS) is 15.2. The molecule has 0 saturated carbocycles. The molecule has 0 atom stereocenters. The fourth-order valence-electron chi connectivity index (χ4n) is 2.95. The molecule has 0 unspecified atom stereocenters. The van der Waals surface area contributed by atoms with Gasteiger partial charge in [-0.1, -0.05) is 0 Å². The molecule has 0 amide bonds. The van der Waals surface area contributed by atoms with Gasteiger partial charge in [-0.25, -0.2) is 13.4 Å². The highest BCUT2D eigenvalue weighted by molar-refractivity contribution is 7.88. The standard InChI is InChI=1S/C16H25N5O2S/c1-13(2)21-9-7-14(18-21)11-20(24(3,22)23)12-15-10-19-8-5-4-6-16(19)17-15/h7,9-10,13H,4-6,8,11-12H2,1-3H3. The number of imidazole rings is 1. The number of sulfonamides is 1. The lowest BCUT2D eigenvalue weighted by molar-refractivity contribution is 0.392. The molecule has 1 aliphatic heterocycles. The van der Waals surface area contributed by atoms with Gasteiger partial charge in [-0.3, -0.25) is 4.68 Å². The van der Waals surface area contributed by atoms with Gasteiger partial charge in [0.05, 0.1) is 30.7 Å². The van der Waals surface area contributed by atoms with Gasteiger partial charge in [-0.2, -0.15) is 9.40 Å². The molecule has 0 radical (unpaired) electrons. The van der Waals surface area contributed by atoms with Crippen molar-refractivity contribution in [2.75, 3.05) is 6.26 Å². The summed E-state index contributed by atoms with van der Waals surface area (Å²) in [6, 6.07) is 2.13. The van der Waals surface area contributed by atoms with Crippen LogP contribution in [0.15, 0.2) is 18.5 Å². The van der Waals surface area contributed by atoms with Crippen molar-refractivity contribution in [1.82, 2.24) is 23.6 Å². The molecule has 24 heavy (non-hydrogen) atoms. The van der Waals surface area contributed by atoms with Gasteiger partial charge >= 0.3 is 0 Å². The first-order chi connectivity index (χ1) is 11.3. The van der Waals surface area contributed by atoms with Crippen molar-refractivity contribution in [3.63, 3.8) is 0 Å². The average Bonchev–Trinajstić information content (AvgIpc) is 3.11. The Bertz CT molecular complexity index is 783. The van der Waals surface area contributed by atoms with Crippen LogP contribution in [0.1, 0.15) is 49.9 Å². The molecule has 2 aromatic heterocycles. The average molecular weight is 351 g/mol. The van der Waals surface area contributed by atoms with Gasteiger partial charge in [-0.05, 0) is 32.8 Å². The zero-order valence-electron chi connectivity index (χ0n) is 14.5. The Labute approximate surface area is 143 Å². The van der Waals surface area contributed by atoms with Crippen LogP contribution in [0.25, 0.3) is 0 Å². The van der Waals surface area contributed by atoms with Crippen LogP contribution in [0.3, 0.4) is 0 Å². The summed E-state index contributed by atoms with van der Waals surface area (Å²) in [6.07, 6.45) is 8.39. The van der Waals surface area contributed by atoms with Gasteiger partial charge < -0.3 is 4.57 Å². The lowest BCUT2D eigenvalue weighted by atomic mass is 10.2. The summed E-state index contributed by atoms with van der Waals surface area (Å²) in [6.45, 7) is 5.61. The van der Waals surface area contributed by atoms with Crippen molar-refractivity contribution < 1.29 is 8.42 Å². The maximum Gasteiger partial charge on any atom is 0.211 e. The topological polar surface area (TPSA) is 73.0 Å². The summed E-state index contributed by atoms with van der Waals surface area (Å²) in [5.41, 5.74) is 1.55. The lowest BCUT2D eigenvalue weighted by Crippen LogP contribution is -2.29. The number of hydrogen-bond donors (Lipinski definition) is 0. The molecule has 3 heterocycles. The Balaban J connectivity index is 1.78. The highest BCUT2D eigenvalue weighted by Crippen LogP contribution is 2.18. The lowest BCUT2D eigenvalue weighted by Gasteiger charge is -2.17. The summed E-state index contributed by atoms with van der Waals surface area (Å²) in [5, 5.41) is 4.45. The molecular formula is C16H25N5O2S. The van der Waals surface area contributed by atoms with E-state index in [4.69, 9.17) is 0 Å². The minimum absolute atomic E-state index is 0.255. The number of aryl methyl sites for hydroxylation is 2. The fourth-order valence-corrected chi connectivity index (χ4v) is 3.68. The van der Waals surface area contributed by atoms with Gasteiger partial charge in [0.2, 0.25) is 10.0 Å². The van der Waals surface area contributed by atoms with Gasteiger partial charge in [0, 0.05) is 31.4 Å². The second kappa shape index (κ2) is 6.68. The molecule has 1 aliphatic rings. The van der Waals surface area contributed by atoms with Crippen LogP contribution in [0.5, 0.6) is 0 Å². The minimum atomic E-state index is -3.34. The van der Waals surface area contributed by atoms with Crippen LogP contribution < -0.4 is 0 Å². The van der Waals surface area contributed by atoms with Crippen LogP contribution in [0.2, 0.25) is 0 Å². The second-order valence-corrected chi connectivity index (χ2v) is 8.69. The highest BCUT2D eigenvalue weighted by Gasteiger charge is 2.21. The van der Waals surface area contributed by atoms with E-state index in [2.05, 4.69) is 14.6 Å². The molecule has 0 N–H and O–H groups in total. The molecule has 0 fully saturated rings. The van der Waals surface area contributed by atoms with E-state index in [1.807, 2.05) is 37.0 Å². The number of rotatable bonds is 6. The van der Waals surface area contributed by atoms with Crippen LogP contribution in [0, 0.1) is 0 Å². The van der Waals surface area contributed by atoms with E-state index >= 15 is 0 Å². The number of fused-ring (bicyclic) bond motifs is 1. The third-order valence-electron chi connectivity index (χ3n) is 4.30. The maximum absolute atomic E-state index is 12.2. The second-order valence-electron chi connectivity index (χ2n) is 6.71. The number of nitrogens with zero attached hydrogens (tertiary/aromatic N) is 5. The molecule has 0 aromatic carbocycles. The quantitative estimate of drug-likeness (QED) is 0.797. The fraction of sp³-hybridized carbons (Fsp3) is 0.625. The van der Waals surface area contributed by atoms with E-state index in [1.165, 1.54) is 10.6 Å². The molecule has 132 valence electrons. The first kappa shape index (κ1) is 17.2. The predicted octanol–water partition coefficient (Wildman–Crippen LogP) is 1.96. The van der Waals surface area contributed by atoms with Crippen LogP contribution >= 0.6 is 0 Å². The number of aromatic nitrogens is 4. The van der Waals surface area contributed by atoms with Crippen molar-refractivity contribution in [3.8, 4) is 0 Å². The van der Waals surface area contributed by atoms with Gasteiger partial charge in [0.25, 0.3) is 0 Å². The Morgan fingerprint density at radius 3 is 2.62 bits per heavy atom. The van der Waals surface area contributed by atoms with Crippen molar-refractivity contribution in [2.24, 2.45) is 0 Å². The van der Waals surface area contributed by atoms with Gasteiger partial charge in [-0.15, -0.1) is 0 Å². The molecule has 0 bridgehead atoms. The van der Waals surface area contributed by atoms with Crippen molar-refractivity contribution in [3.05, 3.63) is 35.7 Å². The predicted molar refractivity (Wildman–Crippen MR) is 91.9 cm³/mol. The monoisotopic (exact) mass is 351 g/mol. The Morgan fingerprint density at radius 2 is 2.00 bits per heavy atom. The first-order valence-corrected chi connectivity index (χ1v) is 10.2.